The van der Waals surface area contributed by atoms with E-state index in [9.17, 15) is 0 Å². The quantitative estimate of drug-likeness (QED) is 0.745. The SMILES string of the molecule is CN(C)C1CCC(c2ccc(I)cc2)CC1. The summed E-state index contributed by atoms with van der Waals surface area (Å²) in [5, 5.41) is 0. The van der Waals surface area contributed by atoms with E-state index in [1.165, 1.54) is 34.8 Å². The van der Waals surface area contributed by atoms with Gasteiger partial charge in [-0.1, -0.05) is 12.1 Å². The van der Waals surface area contributed by atoms with E-state index < -0.39 is 0 Å². The highest BCUT2D eigenvalue weighted by molar-refractivity contribution is 14.1. The maximum Gasteiger partial charge on any atom is 0.0130 e. The second-order valence-corrected chi connectivity index (χ2v) is 6.27. The molecular weight excluding hydrogens is 309 g/mol. The molecule has 0 spiro atoms. The molecule has 1 aliphatic rings. The van der Waals surface area contributed by atoms with Gasteiger partial charge in [0, 0.05) is 9.61 Å². The van der Waals surface area contributed by atoms with Crippen molar-refractivity contribution in [3.63, 3.8) is 0 Å². The fourth-order valence-corrected chi connectivity index (χ4v) is 3.02. The van der Waals surface area contributed by atoms with Gasteiger partial charge in [-0.15, -0.1) is 0 Å². The van der Waals surface area contributed by atoms with Crippen LogP contribution in [0.5, 0.6) is 0 Å². The summed E-state index contributed by atoms with van der Waals surface area (Å²) in [6.07, 6.45) is 5.40. The first-order valence-electron chi connectivity index (χ1n) is 6.08. The van der Waals surface area contributed by atoms with Gasteiger partial charge in [0.15, 0.2) is 0 Å². The van der Waals surface area contributed by atoms with Gasteiger partial charge in [0.05, 0.1) is 0 Å². The monoisotopic (exact) mass is 329 g/mol. The lowest BCUT2D eigenvalue weighted by Crippen LogP contribution is -2.31. The van der Waals surface area contributed by atoms with Crippen LogP contribution in [-0.2, 0) is 0 Å². The normalized spacial score (nSPS) is 26.0. The van der Waals surface area contributed by atoms with E-state index >= 15 is 0 Å². The van der Waals surface area contributed by atoms with E-state index in [4.69, 9.17) is 0 Å². The third kappa shape index (κ3) is 2.98. The summed E-state index contributed by atoms with van der Waals surface area (Å²) in [4.78, 5) is 2.38. The van der Waals surface area contributed by atoms with Crippen LogP contribution in [0.3, 0.4) is 0 Å². The molecule has 1 aliphatic carbocycles. The highest BCUT2D eigenvalue weighted by atomic mass is 127. The van der Waals surface area contributed by atoms with Gasteiger partial charge in [-0.25, -0.2) is 0 Å². The second-order valence-electron chi connectivity index (χ2n) is 5.02. The molecular formula is C14H20IN. The summed E-state index contributed by atoms with van der Waals surface area (Å²) in [6.45, 7) is 0. The van der Waals surface area contributed by atoms with Gasteiger partial charge in [0.2, 0.25) is 0 Å². The first-order valence-corrected chi connectivity index (χ1v) is 7.16. The lowest BCUT2D eigenvalue weighted by molar-refractivity contribution is 0.216. The number of benzene rings is 1. The lowest BCUT2D eigenvalue weighted by Gasteiger charge is -2.32. The largest absolute Gasteiger partial charge is 0.306 e. The average Bonchev–Trinajstić information content (AvgIpc) is 2.30. The van der Waals surface area contributed by atoms with Crippen LogP contribution < -0.4 is 0 Å². The lowest BCUT2D eigenvalue weighted by atomic mass is 9.81. The van der Waals surface area contributed by atoms with E-state index in [2.05, 4.69) is 65.9 Å². The first-order chi connectivity index (χ1) is 7.66. The molecule has 2 rings (SSSR count). The average molecular weight is 329 g/mol. The van der Waals surface area contributed by atoms with E-state index in [0.29, 0.717) is 0 Å². The van der Waals surface area contributed by atoms with E-state index in [1.54, 1.807) is 0 Å². The summed E-state index contributed by atoms with van der Waals surface area (Å²) in [5.41, 5.74) is 1.54. The van der Waals surface area contributed by atoms with Crippen LogP contribution in [0, 0.1) is 3.57 Å². The molecule has 1 aromatic carbocycles. The number of nitrogens with zero attached hydrogens (tertiary/aromatic N) is 1. The fraction of sp³-hybridized carbons (Fsp3) is 0.571. The number of hydrogen-bond donors (Lipinski definition) is 0. The highest BCUT2D eigenvalue weighted by Crippen LogP contribution is 2.34. The van der Waals surface area contributed by atoms with Crippen molar-refractivity contribution in [2.24, 2.45) is 0 Å². The molecule has 0 bridgehead atoms. The molecule has 0 heterocycles. The Hall–Kier alpha value is -0.0900. The minimum atomic E-state index is 0.799. The Morgan fingerprint density at radius 1 is 1.00 bits per heavy atom. The van der Waals surface area contributed by atoms with Crippen molar-refractivity contribution in [2.75, 3.05) is 14.1 Å². The predicted octanol–water partition coefficient (Wildman–Crippen LogP) is 3.88. The van der Waals surface area contributed by atoms with E-state index in [0.717, 1.165) is 12.0 Å². The third-order valence-corrected chi connectivity index (χ3v) is 4.49. The second kappa shape index (κ2) is 5.50. The molecule has 1 fully saturated rings. The van der Waals surface area contributed by atoms with Gasteiger partial charge in [0.25, 0.3) is 0 Å². The number of hydrogen-bond acceptors (Lipinski definition) is 1. The van der Waals surface area contributed by atoms with Gasteiger partial charge >= 0.3 is 0 Å². The third-order valence-electron chi connectivity index (χ3n) is 3.77. The van der Waals surface area contributed by atoms with Crippen LogP contribution in [0.2, 0.25) is 0 Å². The number of rotatable bonds is 2. The Balaban J connectivity index is 1.96. The molecule has 88 valence electrons. The van der Waals surface area contributed by atoms with Gasteiger partial charge in [-0.05, 0) is 86.0 Å². The molecule has 16 heavy (non-hydrogen) atoms. The molecule has 0 saturated heterocycles. The molecule has 0 radical (unpaired) electrons. The van der Waals surface area contributed by atoms with Crippen molar-refractivity contribution in [1.82, 2.24) is 4.90 Å². The highest BCUT2D eigenvalue weighted by Gasteiger charge is 2.23. The smallest absolute Gasteiger partial charge is 0.0130 e. The Bertz CT molecular complexity index is 323. The molecule has 2 heteroatoms. The molecule has 0 atom stereocenters. The van der Waals surface area contributed by atoms with Crippen LogP contribution >= 0.6 is 22.6 Å². The van der Waals surface area contributed by atoms with Crippen molar-refractivity contribution < 1.29 is 0 Å². The zero-order valence-corrected chi connectivity index (χ0v) is 12.3. The summed E-state index contributed by atoms with van der Waals surface area (Å²) in [5.74, 6) is 0.799. The van der Waals surface area contributed by atoms with Crippen LogP contribution in [0.1, 0.15) is 37.2 Å². The molecule has 0 unspecified atom stereocenters. The van der Waals surface area contributed by atoms with Crippen molar-refractivity contribution >= 4 is 22.6 Å². The Labute approximate surface area is 112 Å². The molecule has 1 nitrogen and oxygen atoms in total. The Morgan fingerprint density at radius 3 is 2.06 bits per heavy atom. The standard InChI is InChI=1S/C14H20IN/c1-16(2)14-9-5-12(6-10-14)11-3-7-13(15)8-4-11/h3-4,7-8,12,14H,5-6,9-10H2,1-2H3. The summed E-state index contributed by atoms with van der Waals surface area (Å²) >= 11 is 2.37. The van der Waals surface area contributed by atoms with Gasteiger partial charge in [-0.2, -0.15) is 0 Å². The molecule has 1 saturated carbocycles. The molecule has 1 aromatic rings. The minimum Gasteiger partial charge on any atom is -0.306 e. The first kappa shape index (κ1) is 12.4. The van der Waals surface area contributed by atoms with Gasteiger partial charge < -0.3 is 4.90 Å². The van der Waals surface area contributed by atoms with Crippen molar-refractivity contribution in [2.45, 2.75) is 37.6 Å². The Morgan fingerprint density at radius 2 is 1.56 bits per heavy atom. The van der Waals surface area contributed by atoms with Crippen LogP contribution in [-0.4, -0.2) is 25.0 Å². The van der Waals surface area contributed by atoms with Gasteiger partial charge in [0.1, 0.15) is 0 Å². The molecule has 0 N–H and O–H groups in total. The maximum atomic E-state index is 2.38. The van der Waals surface area contributed by atoms with Crippen LogP contribution in [0.15, 0.2) is 24.3 Å². The topological polar surface area (TPSA) is 3.24 Å². The minimum absolute atomic E-state index is 0.799. The summed E-state index contributed by atoms with van der Waals surface area (Å²) in [6, 6.07) is 9.88. The predicted molar refractivity (Wildman–Crippen MR) is 77.8 cm³/mol. The Kier molecular flexibility index (Phi) is 4.25. The van der Waals surface area contributed by atoms with Gasteiger partial charge in [-0.3, -0.25) is 0 Å². The summed E-state index contributed by atoms with van der Waals surface area (Å²) < 4.78 is 1.34. The van der Waals surface area contributed by atoms with E-state index in [1.807, 2.05) is 0 Å². The molecule has 0 amide bonds. The maximum absolute atomic E-state index is 2.38. The summed E-state index contributed by atoms with van der Waals surface area (Å²) in [7, 11) is 4.41. The van der Waals surface area contributed by atoms with Crippen LogP contribution in [0.4, 0.5) is 0 Å². The van der Waals surface area contributed by atoms with Crippen molar-refractivity contribution in [3.8, 4) is 0 Å². The zero-order valence-electron chi connectivity index (χ0n) is 10.1. The van der Waals surface area contributed by atoms with Crippen molar-refractivity contribution in [1.29, 1.82) is 0 Å². The van der Waals surface area contributed by atoms with Crippen molar-refractivity contribution in [3.05, 3.63) is 33.4 Å². The van der Waals surface area contributed by atoms with E-state index in [-0.39, 0.29) is 0 Å². The zero-order chi connectivity index (χ0) is 11.5. The van der Waals surface area contributed by atoms with Crippen LogP contribution in [0.25, 0.3) is 0 Å². The molecule has 0 aliphatic heterocycles. The molecule has 0 aromatic heterocycles. The number of halogens is 1. The fourth-order valence-electron chi connectivity index (χ4n) is 2.66.